The smallest absolute Gasteiger partial charge is 0.263 e. The van der Waals surface area contributed by atoms with Gasteiger partial charge in [0.15, 0.2) is 0 Å². The number of thiophene rings is 1. The highest BCUT2D eigenvalue weighted by Crippen LogP contribution is 2.30. The number of rotatable bonds is 4. The normalized spacial score (nSPS) is 11.3. The van der Waals surface area contributed by atoms with E-state index in [0.29, 0.717) is 4.47 Å². The molecule has 1 heterocycles. The maximum Gasteiger partial charge on any atom is 0.263 e. The molecule has 0 radical (unpaired) electrons. The van der Waals surface area contributed by atoms with Gasteiger partial charge in [-0.1, -0.05) is 15.9 Å². The van der Waals surface area contributed by atoms with E-state index >= 15 is 0 Å². The molecule has 0 aliphatic carbocycles. The van der Waals surface area contributed by atoms with Gasteiger partial charge in [-0.2, -0.15) is 0 Å². The quantitative estimate of drug-likeness (QED) is 0.766. The Morgan fingerprint density at radius 3 is 2.55 bits per heavy atom. The van der Waals surface area contributed by atoms with Crippen molar-refractivity contribution >= 4 is 64.1 Å². The van der Waals surface area contributed by atoms with Crippen molar-refractivity contribution in [2.45, 2.75) is 4.90 Å². The second kappa shape index (κ2) is 5.84. The first kappa shape index (κ1) is 15.5. The number of nitrogens with one attached hydrogen (secondary N) is 1. The van der Waals surface area contributed by atoms with Gasteiger partial charge in [0.25, 0.3) is 15.9 Å². The van der Waals surface area contributed by atoms with Gasteiger partial charge in [-0.3, -0.25) is 9.52 Å². The van der Waals surface area contributed by atoms with E-state index in [9.17, 15) is 13.2 Å². The number of amides is 1. The molecular weight excluding hydrogens is 432 g/mol. The van der Waals surface area contributed by atoms with Crippen molar-refractivity contribution in [3.63, 3.8) is 0 Å². The number of hydrogen-bond donors (Lipinski definition) is 2. The van der Waals surface area contributed by atoms with Gasteiger partial charge in [-0.15, -0.1) is 11.3 Å². The van der Waals surface area contributed by atoms with Crippen molar-refractivity contribution in [3.8, 4) is 0 Å². The summed E-state index contributed by atoms with van der Waals surface area (Å²) in [5.41, 5.74) is 5.33. The van der Waals surface area contributed by atoms with Crippen LogP contribution in [-0.2, 0) is 10.0 Å². The van der Waals surface area contributed by atoms with Crippen LogP contribution >= 0.6 is 43.2 Å². The molecule has 0 unspecified atom stereocenters. The van der Waals surface area contributed by atoms with Crippen LogP contribution in [0.15, 0.2) is 43.5 Å². The van der Waals surface area contributed by atoms with E-state index in [4.69, 9.17) is 5.73 Å². The number of carbonyl (C=O) groups is 1. The second-order valence-electron chi connectivity index (χ2n) is 3.71. The highest BCUT2D eigenvalue weighted by atomic mass is 79.9. The van der Waals surface area contributed by atoms with E-state index in [1.165, 1.54) is 12.1 Å². The Morgan fingerprint density at radius 2 is 1.95 bits per heavy atom. The Kier molecular flexibility index (Phi) is 4.52. The van der Waals surface area contributed by atoms with Gasteiger partial charge in [0.1, 0.15) is 9.90 Å². The van der Waals surface area contributed by atoms with Crippen molar-refractivity contribution in [2.75, 3.05) is 4.72 Å². The first-order valence-electron chi connectivity index (χ1n) is 5.16. The zero-order valence-electron chi connectivity index (χ0n) is 9.76. The highest BCUT2D eigenvalue weighted by Gasteiger charge is 2.21. The summed E-state index contributed by atoms with van der Waals surface area (Å²) in [6, 6.07) is 6.16. The first-order chi connectivity index (χ1) is 9.31. The predicted octanol–water partition coefficient (Wildman–Crippen LogP) is 3.17. The van der Waals surface area contributed by atoms with E-state index in [-0.39, 0.29) is 15.5 Å². The summed E-state index contributed by atoms with van der Waals surface area (Å²) in [7, 11) is -3.80. The Morgan fingerprint density at radius 1 is 1.25 bits per heavy atom. The topological polar surface area (TPSA) is 89.3 Å². The molecule has 5 nitrogen and oxygen atoms in total. The Balaban J connectivity index is 2.41. The van der Waals surface area contributed by atoms with Crippen molar-refractivity contribution in [2.24, 2.45) is 5.73 Å². The molecule has 20 heavy (non-hydrogen) atoms. The molecule has 3 N–H and O–H groups in total. The van der Waals surface area contributed by atoms with Crippen molar-refractivity contribution in [1.82, 2.24) is 0 Å². The largest absolute Gasteiger partial charge is 0.366 e. The number of halogens is 2. The molecule has 106 valence electrons. The fraction of sp³-hybridized carbons (Fsp3) is 0. The zero-order chi connectivity index (χ0) is 14.9. The fourth-order valence-corrected chi connectivity index (χ4v) is 5.32. The molecule has 0 aliphatic rings. The number of benzene rings is 1. The third kappa shape index (κ3) is 3.22. The average Bonchev–Trinajstić information content (AvgIpc) is 2.75. The Bertz CT molecular complexity index is 772. The standard InChI is InChI=1S/C11H8Br2N2O3S2/c12-6-1-2-9(8(13)5-6)20(17,18)15-11-7(10(14)16)3-4-19-11/h1-5,15H,(H2,14,16). The molecule has 0 aliphatic heterocycles. The molecule has 0 spiro atoms. The summed E-state index contributed by atoms with van der Waals surface area (Å²) in [4.78, 5) is 11.3. The molecule has 9 heteroatoms. The maximum absolute atomic E-state index is 12.3. The minimum absolute atomic E-state index is 0.0736. The predicted molar refractivity (Wildman–Crippen MR) is 85.5 cm³/mol. The van der Waals surface area contributed by atoms with Gasteiger partial charge in [-0.05, 0) is 45.6 Å². The van der Waals surface area contributed by atoms with E-state index in [0.717, 1.165) is 15.8 Å². The van der Waals surface area contributed by atoms with Gasteiger partial charge >= 0.3 is 0 Å². The molecule has 0 bridgehead atoms. The number of sulfonamides is 1. The molecule has 1 aromatic heterocycles. The summed E-state index contributed by atoms with van der Waals surface area (Å²) in [5.74, 6) is -0.682. The molecular formula is C11H8Br2N2O3S2. The van der Waals surface area contributed by atoms with Crippen LogP contribution in [0.4, 0.5) is 5.00 Å². The number of hydrogen-bond acceptors (Lipinski definition) is 4. The summed E-state index contributed by atoms with van der Waals surface area (Å²) >= 11 is 7.54. The molecule has 1 aromatic carbocycles. The second-order valence-corrected chi connectivity index (χ2v) is 8.04. The third-order valence-electron chi connectivity index (χ3n) is 2.34. The number of anilines is 1. The van der Waals surface area contributed by atoms with E-state index in [1.807, 2.05) is 0 Å². The molecule has 2 aromatic rings. The minimum Gasteiger partial charge on any atom is -0.366 e. The first-order valence-corrected chi connectivity index (χ1v) is 9.11. The van der Waals surface area contributed by atoms with Crippen LogP contribution in [0.2, 0.25) is 0 Å². The number of carbonyl (C=O) groups excluding carboxylic acids is 1. The van der Waals surface area contributed by atoms with Gasteiger partial charge < -0.3 is 5.73 Å². The lowest BCUT2D eigenvalue weighted by atomic mass is 10.3. The van der Waals surface area contributed by atoms with Gasteiger partial charge in [-0.25, -0.2) is 8.42 Å². The average molecular weight is 440 g/mol. The van der Waals surface area contributed by atoms with Crippen molar-refractivity contribution < 1.29 is 13.2 Å². The lowest BCUT2D eigenvalue weighted by Crippen LogP contribution is -2.17. The van der Waals surface area contributed by atoms with E-state index < -0.39 is 15.9 Å². The number of nitrogens with two attached hydrogens (primary N) is 1. The molecule has 2 rings (SSSR count). The van der Waals surface area contributed by atoms with Crippen LogP contribution in [0.5, 0.6) is 0 Å². The third-order valence-corrected chi connectivity index (χ3v) is 6.12. The van der Waals surface area contributed by atoms with Crippen molar-refractivity contribution in [3.05, 3.63) is 44.2 Å². The van der Waals surface area contributed by atoms with Crippen molar-refractivity contribution in [1.29, 1.82) is 0 Å². The summed E-state index contributed by atoms with van der Waals surface area (Å²) < 4.78 is 28.1. The lowest BCUT2D eigenvalue weighted by Gasteiger charge is -2.09. The summed E-state index contributed by atoms with van der Waals surface area (Å²) in [6.45, 7) is 0. The SMILES string of the molecule is NC(=O)c1ccsc1NS(=O)(=O)c1ccc(Br)cc1Br. The zero-order valence-corrected chi connectivity index (χ0v) is 14.6. The van der Waals surface area contributed by atoms with Crippen LogP contribution < -0.4 is 10.5 Å². The van der Waals surface area contributed by atoms with E-state index in [2.05, 4.69) is 36.6 Å². The minimum atomic E-state index is -3.80. The van der Waals surface area contributed by atoms with Gasteiger partial charge in [0.2, 0.25) is 0 Å². The molecule has 1 amide bonds. The Labute approximate surface area is 136 Å². The molecule has 0 saturated heterocycles. The summed E-state index contributed by atoms with van der Waals surface area (Å²) in [5, 5.41) is 1.79. The van der Waals surface area contributed by atoms with Crippen LogP contribution in [0.25, 0.3) is 0 Å². The van der Waals surface area contributed by atoms with Crippen LogP contribution in [0.3, 0.4) is 0 Å². The highest BCUT2D eigenvalue weighted by molar-refractivity contribution is 9.11. The number of primary amides is 1. The summed E-state index contributed by atoms with van der Waals surface area (Å²) in [6.07, 6.45) is 0. The lowest BCUT2D eigenvalue weighted by molar-refractivity contribution is 0.100. The fourth-order valence-electron chi connectivity index (χ4n) is 1.45. The van der Waals surface area contributed by atoms with Crippen LogP contribution in [0, 0.1) is 0 Å². The molecule has 0 fully saturated rings. The monoisotopic (exact) mass is 438 g/mol. The van der Waals surface area contributed by atoms with Gasteiger partial charge in [0, 0.05) is 8.95 Å². The van der Waals surface area contributed by atoms with Crippen LogP contribution in [0.1, 0.15) is 10.4 Å². The maximum atomic E-state index is 12.3. The van der Waals surface area contributed by atoms with E-state index in [1.54, 1.807) is 17.5 Å². The Hall–Kier alpha value is -0.900. The van der Waals surface area contributed by atoms with Gasteiger partial charge in [0.05, 0.1) is 5.56 Å². The molecule has 0 atom stereocenters. The van der Waals surface area contributed by atoms with Crippen LogP contribution in [-0.4, -0.2) is 14.3 Å². The molecule has 0 saturated carbocycles.